The van der Waals surface area contributed by atoms with Gasteiger partial charge >= 0.3 is 0 Å². The third-order valence-corrected chi connectivity index (χ3v) is 4.30. The zero-order chi connectivity index (χ0) is 13.6. The Morgan fingerprint density at radius 1 is 1.32 bits per heavy atom. The highest BCUT2D eigenvalue weighted by Crippen LogP contribution is 2.27. The quantitative estimate of drug-likeness (QED) is 0.828. The summed E-state index contributed by atoms with van der Waals surface area (Å²) in [6.07, 6.45) is 1.31. The van der Waals surface area contributed by atoms with Crippen LogP contribution < -0.4 is 5.32 Å². The first-order chi connectivity index (χ1) is 9.06. The molecule has 2 aliphatic rings. The molecule has 1 aromatic carbocycles. The molecule has 3 rings (SSSR count). The van der Waals surface area contributed by atoms with Gasteiger partial charge in [0.1, 0.15) is 0 Å². The predicted octanol–water partition coefficient (Wildman–Crippen LogP) is 1.41. The van der Waals surface area contributed by atoms with Crippen molar-refractivity contribution in [1.82, 2.24) is 10.2 Å². The molecule has 1 aromatic rings. The van der Waals surface area contributed by atoms with Crippen LogP contribution in [-0.4, -0.2) is 35.3 Å². The van der Waals surface area contributed by atoms with E-state index in [2.05, 4.69) is 5.32 Å². The van der Waals surface area contributed by atoms with E-state index in [0.717, 1.165) is 24.1 Å². The van der Waals surface area contributed by atoms with Crippen LogP contribution in [0.2, 0.25) is 0 Å². The van der Waals surface area contributed by atoms with Crippen molar-refractivity contribution in [2.75, 3.05) is 6.54 Å². The lowest BCUT2D eigenvalue weighted by atomic mass is 10.0. The largest absolute Gasteiger partial charge is 0.351 e. The van der Waals surface area contributed by atoms with Gasteiger partial charge in [0.05, 0.1) is 12.1 Å². The number of carbonyl (C=O) groups excluding carboxylic acids is 2. The topological polar surface area (TPSA) is 49.4 Å². The van der Waals surface area contributed by atoms with Crippen molar-refractivity contribution in [2.45, 2.75) is 38.8 Å². The average Bonchev–Trinajstić information content (AvgIpc) is 2.90. The fourth-order valence-corrected chi connectivity index (χ4v) is 3.02. The lowest BCUT2D eigenvalue weighted by Crippen LogP contribution is -2.38. The molecule has 19 heavy (non-hydrogen) atoms. The summed E-state index contributed by atoms with van der Waals surface area (Å²) in [5.41, 5.74) is 3.04. The fraction of sp³-hybridized carbons (Fsp3) is 0.467. The summed E-state index contributed by atoms with van der Waals surface area (Å²) < 4.78 is 0. The van der Waals surface area contributed by atoms with Gasteiger partial charge in [-0.05, 0) is 43.5 Å². The summed E-state index contributed by atoms with van der Waals surface area (Å²) in [6, 6.07) is 6.00. The minimum atomic E-state index is 0.0432. The lowest BCUT2D eigenvalue weighted by Gasteiger charge is -2.23. The van der Waals surface area contributed by atoms with Crippen molar-refractivity contribution in [3.63, 3.8) is 0 Å². The Labute approximate surface area is 112 Å². The molecule has 2 heterocycles. The van der Waals surface area contributed by atoms with Crippen LogP contribution in [0.5, 0.6) is 0 Å². The standard InChI is InChI=1S/C15H18N2O2/c1-9-3-4-11(7-10(9)2)15(19)17-6-5-12-13(17)8-14(18)16-12/h3-4,7,12-13H,5-6,8H2,1-2H3,(H,16,18). The van der Waals surface area contributed by atoms with Gasteiger partial charge in [-0.1, -0.05) is 6.07 Å². The van der Waals surface area contributed by atoms with Crippen LogP contribution in [-0.2, 0) is 4.79 Å². The number of likely N-dealkylation sites (tertiary alicyclic amines) is 1. The number of carbonyl (C=O) groups is 2. The number of fused-ring (bicyclic) bond motifs is 1. The number of hydrogen-bond acceptors (Lipinski definition) is 2. The Morgan fingerprint density at radius 2 is 2.11 bits per heavy atom. The Kier molecular flexibility index (Phi) is 2.81. The van der Waals surface area contributed by atoms with E-state index in [1.807, 2.05) is 36.9 Å². The number of hydrogen-bond donors (Lipinski definition) is 1. The second-order valence-electron chi connectivity index (χ2n) is 5.53. The van der Waals surface area contributed by atoms with Crippen LogP contribution in [0, 0.1) is 13.8 Å². The van der Waals surface area contributed by atoms with Gasteiger partial charge in [0.2, 0.25) is 5.91 Å². The van der Waals surface area contributed by atoms with Crippen molar-refractivity contribution < 1.29 is 9.59 Å². The summed E-state index contributed by atoms with van der Waals surface area (Å²) in [4.78, 5) is 25.8. The van der Waals surface area contributed by atoms with Crippen LogP contribution in [0.1, 0.15) is 34.3 Å². The molecule has 100 valence electrons. The summed E-state index contributed by atoms with van der Waals surface area (Å²) in [5.74, 6) is 0.111. The first-order valence-corrected chi connectivity index (χ1v) is 6.74. The zero-order valence-corrected chi connectivity index (χ0v) is 11.3. The van der Waals surface area contributed by atoms with Crippen molar-refractivity contribution in [1.29, 1.82) is 0 Å². The summed E-state index contributed by atoms with van der Waals surface area (Å²) in [6.45, 7) is 4.79. The van der Waals surface area contributed by atoms with E-state index < -0.39 is 0 Å². The van der Waals surface area contributed by atoms with E-state index in [1.165, 1.54) is 5.56 Å². The second kappa shape index (κ2) is 4.37. The van der Waals surface area contributed by atoms with E-state index in [-0.39, 0.29) is 23.9 Å². The summed E-state index contributed by atoms with van der Waals surface area (Å²) in [7, 11) is 0. The van der Waals surface area contributed by atoms with Crippen LogP contribution >= 0.6 is 0 Å². The van der Waals surface area contributed by atoms with Crippen LogP contribution in [0.3, 0.4) is 0 Å². The molecule has 4 nitrogen and oxygen atoms in total. The van der Waals surface area contributed by atoms with Gasteiger partial charge in [-0.15, -0.1) is 0 Å². The number of nitrogens with zero attached hydrogens (tertiary/aromatic N) is 1. The molecule has 4 heteroatoms. The highest BCUT2D eigenvalue weighted by Gasteiger charge is 2.43. The van der Waals surface area contributed by atoms with Gasteiger partial charge in [-0.2, -0.15) is 0 Å². The van der Waals surface area contributed by atoms with Gasteiger partial charge in [-0.25, -0.2) is 0 Å². The first kappa shape index (κ1) is 12.2. The smallest absolute Gasteiger partial charge is 0.254 e. The zero-order valence-electron chi connectivity index (χ0n) is 11.3. The highest BCUT2D eigenvalue weighted by atomic mass is 16.2. The van der Waals surface area contributed by atoms with E-state index in [0.29, 0.717) is 6.42 Å². The maximum Gasteiger partial charge on any atom is 0.254 e. The lowest BCUT2D eigenvalue weighted by molar-refractivity contribution is -0.119. The van der Waals surface area contributed by atoms with E-state index in [4.69, 9.17) is 0 Å². The molecule has 2 atom stereocenters. The minimum Gasteiger partial charge on any atom is -0.351 e. The molecule has 0 aromatic heterocycles. The van der Waals surface area contributed by atoms with Crippen molar-refractivity contribution in [2.24, 2.45) is 0 Å². The number of aryl methyl sites for hydroxylation is 2. The monoisotopic (exact) mass is 258 g/mol. The number of benzene rings is 1. The Balaban J connectivity index is 1.84. The Bertz CT molecular complexity index is 553. The molecule has 0 spiro atoms. The van der Waals surface area contributed by atoms with Crippen molar-refractivity contribution >= 4 is 11.8 Å². The first-order valence-electron chi connectivity index (χ1n) is 6.74. The molecule has 0 bridgehead atoms. The Morgan fingerprint density at radius 3 is 2.84 bits per heavy atom. The SMILES string of the molecule is Cc1ccc(C(=O)N2CCC3NC(=O)CC32)cc1C. The average molecular weight is 258 g/mol. The van der Waals surface area contributed by atoms with E-state index >= 15 is 0 Å². The minimum absolute atomic E-state index is 0.0432. The maximum atomic E-state index is 12.5. The molecule has 2 amide bonds. The number of nitrogens with one attached hydrogen (secondary N) is 1. The van der Waals surface area contributed by atoms with Crippen molar-refractivity contribution in [3.8, 4) is 0 Å². The third kappa shape index (κ3) is 2.01. The normalized spacial score (nSPS) is 25.4. The van der Waals surface area contributed by atoms with Gasteiger partial charge in [0.25, 0.3) is 5.91 Å². The van der Waals surface area contributed by atoms with Crippen molar-refractivity contribution in [3.05, 3.63) is 34.9 Å². The second-order valence-corrected chi connectivity index (χ2v) is 5.53. The molecule has 0 aliphatic carbocycles. The summed E-state index contributed by atoms with van der Waals surface area (Å²) >= 11 is 0. The fourth-order valence-electron chi connectivity index (χ4n) is 3.02. The molecule has 2 fully saturated rings. The molecule has 2 unspecified atom stereocenters. The van der Waals surface area contributed by atoms with Crippen LogP contribution in [0.4, 0.5) is 0 Å². The number of amides is 2. The predicted molar refractivity (Wildman–Crippen MR) is 71.9 cm³/mol. The molecule has 1 N–H and O–H groups in total. The van der Waals surface area contributed by atoms with Gasteiger partial charge in [0.15, 0.2) is 0 Å². The van der Waals surface area contributed by atoms with Gasteiger partial charge in [0, 0.05) is 18.5 Å². The maximum absolute atomic E-state index is 12.5. The molecular weight excluding hydrogens is 240 g/mol. The van der Waals surface area contributed by atoms with Crippen LogP contribution in [0.15, 0.2) is 18.2 Å². The molecule has 2 saturated heterocycles. The van der Waals surface area contributed by atoms with Crippen LogP contribution in [0.25, 0.3) is 0 Å². The third-order valence-electron chi connectivity index (χ3n) is 4.30. The summed E-state index contributed by atoms with van der Waals surface area (Å²) in [5, 5.41) is 2.94. The Hall–Kier alpha value is -1.84. The van der Waals surface area contributed by atoms with E-state index in [1.54, 1.807) is 0 Å². The van der Waals surface area contributed by atoms with Gasteiger partial charge in [-0.3, -0.25) is 9.59 Å². The molecule has 0 saturated carbocycles. The molecular formula is C15H18N2O2. The van der Waals surface area contributed by atoms with Gasteiger partial charge < -0.3 is 10.2 Å². The molecule has 2 aliphatic heterocycles. The number of rotatable bonds is 1. The van der Waals surface area contributed by atoms with E-state index in [9.17, 15) is 9.59 Å². The highest BCUT2D eigenvalue weighted by molar-refractivity contribution is 5.96. The molecule has 0 radical (unpaired) electrons.